The van der Waals surface area contributed by atoms with Gasteiger partial charge >= 0.3 is 21.3 Å². The second kappa shape index (κ2) is 10.7. The van der Waals surface area contributed by atoms with Gasteiger partial charge in [0.25, 0.3) is 0 Å². The van der Waals surface area contributed by atoms with Crippen LogP contribution in [0.1, 0.15) is 56.9 Å². The van der Waals surface area contributed by atoms with Gasteiger partial charge < -0.3 is 4.74 Å². The number of esters is 1. The van der Waals surface area contributed by atoms with Crippen LogP contribution in [0.3, 0.4) is 0 Å². The van der Waals surface area contributed by atoms with E-state index in [2.05, 4.69) is 0 Å². The number of hydrogen-bond acceptors (Lipinski definition) is 5. The third kappa shape index (κ3) is 5.28. The van der Waals surface area contributed by atoms with E-state index in [1.165, 1.54) is 0 Å². The summed E-state index contributed by atoms with van der Waals surface area (Å²) in [6.07, 6.45) is 13.4. The van der Waals surface area contributed by atoms with Crippen LogP contribution in [0.2, 0.25) is 0 Å². The lowest BCUT2D eigenvalue weighted by Gasteiger charge is -2.56. The Kier molecular flexibility index (Phi) is 7.42. The van der Waals surface area contributed by atoms with Gasteiger partial charge in [-0.2, -0.15) is 17.2 Å². The molecule has 7 rings (SSSR count). The second-order valence-electron chi connectivity index (χ2n) is 11.8. The highest BCUT2D eigenvalue weighted by Crippen LogP contribution is 2.60. The molecule has 0 heterocycles. The van der Waals surface area contributed by atoms with E-state index in [1.54, 1.807) is 42.5 Å². The van der Waals surface area contributed by atoms with Crippen molar-refractivity contribution in [1.29, 1.82) is 0 Å². The fraction of sp³-hybridized carbons (Fsp3) is 0.452. The molecule has 4 bridgehead atoms. The lowest BCUT2D eigenvalue weighted by molar-refractivity contribution is -0.171. The summed E-state index contributed by atoms with van der Waals surface area (Å²) in [5, 5.41) is -4.85. The molecule has 4 saturated carbocycles. The molecule has 40 heavy (non-hydrogen) atoms. The molecular weight excluding hydrogens is 554 g/mol. The Morgan fingerprint density at radius 2 is 1.57 bits per heavy atom. The van der Waals surface area contributed by atoms with Gasteiger partial charge in [0.1, 0.15) is 0 Å². The largest absolute Gasteiger partial charge is 0.470 e. The van der Waals surface area contributed by atoms with Crippen molar-refractivity contribution in [2.45, 2.75) is 66.4 Å². The SMILES string of the molecule is O=C(OCC12CC3CC(CC(C3)C1)C2)C(F)(F)S(=O)(=O)O[S+](c1ccccc1)c1ccccc1C1=CC=CCC1. The lowest BCUT2D eigenvalue weighted by Crippen LogP contribution is -2.49. The van der Waals surface area contributed by atoms with Crippen molar-refractivity contribution in [1.82, 2.24) is 0 Å². The summed E-state index contributed by atoms with van der Waals surface area (Å²) in [7, 11) is -5.71. The number of ether oxygens (including phenoxy) is 1. The summed E-state index contributed by atoms with van der Waals surface area (Å²) in [4.78, 5) is 13.6. The average molecular weight is 588 g/mol. The number of allylic oxidation sites excluding steroid dienone is 4. The zero-order valence-electron chi connectivity index (χ0n) is 22.1. The number of hydrogen-bond donors (Lipinski definition) is 0. The van der Waals surface area contributed by atoms with Crippen LogP contribution in [0.4, 0.5) is 8.78 Å². The van der Waals surface area contributed by atoms with E-state index in [4.69, 9.17) is 8.37 Å². The molecule has 0 aromatic heterocycles. The van der Waals surface area contributed by atoms with Gasteiger partial charge in [-0.15, -0.1) is 0 Å². The fourth-order valence-corrected chi connectivity index (χ4v) is 10.7. The Bertz CT molecular complexity index is 1400. The van der Waals surface area contributed by atoms with Crippen LogP contribution >= 0.6 is 0 Å². The molecule has 0 saturated heterocycles. The first-order valence-corrected chi connectivity index (χ1v) is 16.5. The van der Waals surface area contributed by atoms with Crippen molar-refractivity contribution in [3.05, 3.63) is 78.4 Å². The second-order valence-corrected chi connectivity index (χ2v) is 15.2. The van der Waals surface area contributed by atoms with Crippen LogP contribution in [-0.2, 0) is 34.5 Å². The minimum absolute atomic E-state index is 0.171. The maximum atomic E-state index is 15.4. The molecule has 0 aliphatic heterocycles. The van der Waals surface area contributed by atoms with Crippen LogP contribution in [0.25, 0.3) is 5.57 Å². The fourth-order valence-electron chi connectivity index (χ4n) is 7.47. The lowest BCUT2D eigenvalue weighted by atomic mass is 9.50. The van der Waals surface area contributed by atoms with Crippen molar-refractivity contribution in [3.8, 4) is 0 Å². The monoisotopic (exact) mass is 587 g/mol. The van der Waals surface area contributed by atoms with E-state index in [-0.39, 0.29) is 12.0 Å². The van der Waals surface area contributed by atoms with Gasteiger partial charge in [-0.3, -0.25) is 0 Å². The van der Waals surface area contributed by atoms with E-state index in [1.807, 2.05) is 30.4 Å². The first-order valence-electron chi connectivity index (χ1n) is 13.9. The van der Waals surface area contributed by atoms with Crippen molar-refractivity contribution in [2.24, 2.45) is 23.2 Å². The average Bonchev–Trinajstić information content (AvgIpc) is 2.95. The smallest absolute Gasteiger partial charge is 0.460 e. The number of alkyl halides is 2. The molecule has 1 unspecified atom stereocenters. The van der Waals surface area contributed by atoms with E-state index in [0.29, 0.717) is 27.5 Å². The van der Waals surface area contributed by atoms with Gasteiger partial charge in [0.15, 0.2) is 4.90 Å². The normalized spacial score (nSPS) is 28.2. The molecule has 5 aliphatic rings. The van der Waals surface area contributed by atoms with Crippen LogP contribution in [-0.4, -0.2) is 26.2 Å². The maximum Gasteiger partial charge on any atom is 0.470 e. The van der Waals surface area contributed by atoms with Crippen molar-refractivity contribution in [2.75, 3.05) is 6.61 Å². The number of halogens is 2. The number of benzene rings is 2. The quantitative estimate of drug-likeness (QED) is 0.232. The van der Waals surface area contributed by atoms with Crippen LogP contribution in [0, 0.1) is 23.2 Å². The first-order chi connectivity index (χ1) is 19.2. The molecule has 1 atom stereocenters. The molecular formula is C31H33F2O5S2+. The molecule has 0 spiro atoms. The molecule has 4 fully saturated rings. The Morgan fingerprint density at radius 3 is 2.20 bits per heavy atom. The van der Waals surface area contributed by atoms with Gasteiger partial charge in [-0.25, -0.2) is 4.79 Å². The van der Waals surface area contributed by atoms with E-state index >= 15 is 8.78 Å². The Morgan fingerprint density at radius 1 is 0.950 bits per heavy atom. The summed E-state index contributed by atoms with van der Waals surface area (Å²) in [5.41, 5.74) is 1.36. The first kappa shape index (κ1) is 27.7. The summed E-state index contributed by atoms with van der Waals surface area (Å²) in [5.74, 6) is -0.436. The third-order valence-electron chi connectivity index (χ3n) is 8.79. The summed E-state index contributed by atoms with van der Waals surface area (Å²) < 4.78 is 67.6. The Labute approximate surface area is 237 Å². The molecule has 0 amide bonds. The highest BCUT2D eigenvalue weighted by Gasteiger charge is 2.61. The van der Waals surface area contributed by atoms with Gasteiger partial charge in [0.2, 0.25) is 16.1 Å². The van der Waals surface area contributed by atoms with Crippen LogP contribution in [0.15, 0.2) is 82.6 Å². The Balaban J connectivity index is 1.25. The van der Waals surface area contributed by atoms with Gasteiger partial charge in [0, 0.05) is 11.0 Å². The number of carbonyl (C=O) groups is 1. The van der Waals surface area contributed by atoms with Crippen molar-refractivity contribution >= 4 is 32.8 Å². The predicted octanol–water partition coefficient (Wildman–Crippen LogP) is 7.07. The van der Waals surface area contributed by atoms with Crippen LogP contribution in [0.5, 0.6) is 0 Å². The van der Waals surface area contributed by atoms with Crippen molar-refractivity contribution < 1.29 is 30.4 Å². The van der Waals surface area contributed by atoms with Crippen LogP contribution < -0.4 is 0 Å². The highest BCUT2D eigenvalue weighted by molar-refractivity contribution is 8.03. The minimum Gasteiger partial charge on any atom is -0.460 e. The molecule has 9 heteroatoms. The number of carbonyl (C=O) groups excluding carboxylic acids is 1. The van der Waals surface area contributed by atoms with E-state index in [0.717, 1.165) is 62.5 Å². The molecule has 5 nitrogen and oxygen atoms in total. The molecule has 2 aromatic rings. The molecule has 212 valence electrons. The summed E-state index contributed by atoms with van der Waals surface area (Å²) in [6.45, 7) is -0.171. The maximum absolute atomic E-state index is 15.4. The topological polar surface area (TPSA) is 69.7 Å². The van der Waals surface area contributed by atoms with Gasteiger partial charge in [-0.05, 0) is 103 Å². The van der Waals surface area contributed by atoms with Gasteiger partial charge in [-0.1, -0.05) is 48.6 Å². The van der Waals surface area contributed by atoms with Crippen molar-refractivity contribution in [3.63, 3.8) is 0 Å². The van der Waals surface area contributed by atoms with E-state index in [9.17, 15) is 13.2 Å². The standard InChI is InChI=1S/C31H33F2O5S2/c32-31(33,29(34)37-21-30-18-22-15-23(19-30)17-24(16-22)20-30)40(35,36)38-39(26-11-5-2-6-12-26)28-14-8-7-13-27(28)25-9-3-1-4-10-25/h1-3,5-9,11-14,22-24H,4,10,15-21H2/q+1. The minimum atomic E-state index is -5.71. The highest BCUT2D eigenvalue weighted by atomic mass is 32.3. The number of rotatable bonds is 9. The van der Waals surface area contributed by atoms with E-state index < -0.39 is 32.5 Å². The summed E-state index contributed by atoms with van der Waals surface area (Å²) in [6, 6.07) is 15.4. The molecule has 0 radical (unpaired) electrons. The predicted molar refractivity (Wildman–Crippen MR) is 150 cm³/mol. The third-order valence-corrected chi connectivity index (χ3v) is 12.3. The van der Waals surface area contributed by atoms with Gasteiger partial charge in [0.05, 0.1) is 6.61 Å². The molecule has 5 aliphatic carbocycles. The summed E-state index contributed by atoms with van der Waals surface area (Å²) >= 11 is -1.75. The zero-order valence-corrected chi connectivity index (χ0v) is 23.8. The molecule has 0 N–H and O–H groups in total. The zero-order chi connectivity index (χ0) is 28.0. The Hall–Kier alpha value is -2.49. The molecule has 2 aromatic carbocycles.